The van der Waals surface area contributed by atoms with Crippen LogP contribution in [0.25, 0.3) is 0 Å². The number of non-ortho nitro benzene ring substituents is 1. The predicted octanol–water partition coefficient (Wildman–Crippen LogP) is 2.47. The van der Waals surface area contributed by atoms with Crippen molar-refractivity contribution in [2.45, 2.75) is 20.0 Å². The number of nitro benzene ring substituents is 1. The largest absolute Gasteiger partial charge is 0.491 e. The lowest BCUT2D eigenvalue weighted by Gasteiger charge is -2.36. The molecule has 0 spiro atoms. The number of carbonyl (C=O) groups excluding carboxylic acids is 1. The molecule has 2 aromatic carbocycles. The van der Waals surface area contributed by atoms with Gasteiger partial charge in [0.15, 0.2) is 0 Å². The lowest BCUT2D eigenvalue weighted by Crippen LogP contribution is -2.50. The molecular formula is C21H26N4O6S. The molecule has 0 saturated carbocycles. The first-order chi connectivity index (χ1) is 15.1. The van der Waals surface area contributed by atoms with E-state index < -0.39 is 26.6 Å². The number of sulfonamides is 1. The van der Waals surface area contributed by atoms with Crippen LogP contribution >= 0.6 is 0 Å². The number of nitro groups is 1. The summed E-state index contributed by atoms with van der Waals surface area (Å²) in [6, 6.07) is 12.8. The van der Waals surface area contributed by atoms with Crippen LogP contribution in [0.2, 0.25) is 0 Å². The van der Waals surface area contributed by atoms with Crippen molar-refractivity contribution in [3.63, 3.8) is 0 Å². The van der Waals surface area contributed by atoms with E-state index in [0.29, 0.717) is 43.3 Å². The number of benzene rings is 2. The van der Waals surface area contributed by atoms with Gasteiger partial charge in [-0.05, 0) is 44.2 Å². The molecule has 3 rings (SSSR count). The molecule has 0 radical (unpaired) electrons. The number of ether oxygens (including phenoxy) is 1. The fraction of sp³-hybridized carbons (Fsp3) is 0.381. The maximum atomic E-state index is 12.5. The first-order valence-corrected chi connectivity index (χ1v) is 11.8. The Balaban J connectivity index is 1.53. The molecule has 1 N–H and O–H groups in total. The molecule has 0 aromatic heterocycles. The van der Waals surface area contributed by atoms with Gasteiger partial charge in [0.1, 0.15) is 11.5 Å². The summed E-state index contributed by atoms with van der Waals surface area (Å²) < 4.78 is 32.8. The smallest absolute Gasteiger partial charge is 0.271 e. The van der Waals surface area contributed by atoms with Gasteiger partial charge in [-0.1, -0.05) is 6.07 Å². The zero-order valence-corrected chi connectivity index (χ0v) is 18.7. The molecule has 1 aliphatic rings. The molecule has 1 amide bonds. The monoisotopic (exact) mass is 462 g/mol. The van der Waals surface area contributed by atoms with Gasteiger partial charge in [-0.15, -0.1) is 0 Å². The van der Waals surface area contributed by atoms with Gasteiger partial charge in [-0.25, -0.2) is 8.42 Å². The summed E-state index contributed by atoms with van der Waals surface area (Å²) >= 11 is 0. The van der Waals surface area contributed by atoms with Gasteiger partial charge in [0.05, 0.1) is 11.0 Å². The van der Waals surface area contributed by atoms with Crippen molar-refractivity contribution in [3.05, 3.63) is 58.6 Å². The highest BCUT2D eigenvalue weighted by atomic mass is 32.2. The third kappa shape index (κ3) is 6.33. The van der Waals surface area contributed by atoms with Crippen molar-refractivity contribution in [2.75, 3.05) is 41.6 Å². The molecule has 11 heteroatoms. The second kappa shape index (κ2) is 9.86. The van der Waals surface area contributed by atoms with Crippen LogP contribution in [0.1, 0.15) is 13.8 Å². The molecule has 32 heavy (non-hydrogen) atoms. The number of nitrogens with one attached hydrogen (secondary N) is 1. The molecular weight excluding hydrogens is 436 g/mol. The van der Waals surface area contributed by atoms with Crippen LogP contribution in [-0.2, 0) is 14.8 Å². The lowest BCUT2D eigenvalue weighted by molar-refractivity contribution is -0.384. The molecule has 2 aromatic rings. The fourth-order valence-corrected chi connectivity index (χ4v) is 4.44. The van der Waals surface area contributed by atoms with Crippen LogP contribution in [0.4, 0.5) is 17.1 Å². The van der Waals surface area contributed by atoms with Crippen LogP contribution < -0.4 is 14.4 Å². The number of piperazine rings is 1. The summed E-state index contributed by atoms with van der Waals surface area (Å²) in [5, 5.41) is 11.0. The van der Waals surface area contributed by atoms with Crippen LogP contribution in [0.15, 0.2) is 48.5 Å². The van der Waals surface area contributed by atoms with E-state index in [2.05, 4.69) is 4.72 Å². The minimum absolute atomic E-state index is 0.00183. The number of carbonyl (C=O) groups is 1. The number of amides is 1. The van der Waals surface area contributed by atoms with E-state index in [1.54, 1.807) is 36.4 Å². The predicted molar refractivity (Wildman–Crippen MR) is 122 cm³/mol. The third-order valence-electron chi connectivity index (χ3n) is 4.85. The minimum Gasteiger partial charge on any atom is -0.491 e. The summed E-state index contributed by atoms with van der Waals surface area (Å²) in [6.07, 6.45) is 0.00707. The number of hydrogen-bond donors (Lipinski definition) is 1. The van der Waals surface area contributed by atoms with Crippen molar-refractivity contribution >= 4 is 33.0 Å². The average Bonchev–Trinajstić information content (AvgIpc) is 2.74. The maximum Gasteiger partial charge on any atom is 0.271 e. The number of anilines is 2. The van der Waals surface area contributed by atoms with Crippen molar-refractivity contribution < 1.29 is 22.9 Å². The van der Waals surface area contributed by atoms with Gasteiger partial charge in [0.2, 0.25) is 15.9 Å². The average molecular weight is 463 g/mol. The van der Waals surface area contributed by atoms with Crippen LogP contribution in [-0.4, -0.2) is 62.2 Å². The van der Waals surface area contributed by atoms with E-state index in [4.69, 9.17) is 4.74 Å². The molecule has 0 atom stereocenters. The molecule has 1 aliphatic heterocycles. The Kier molecular flexibility index (Phi) is 7.18. The van der Waals surface area contributed by atoms with Crippen molar-refractivity contribution in [3.8, 4) is 5.75 Å². The second-order valence-electron chi connectivity index (χ2n) is 7.70. The molecule has 10 nitrogen and oxygen atoms in total. The SMILES string of the molecule is CC(C)Oc1ccc(NS(=O)(=O)CC(=O)N2CCN(c3cccc([N+](=O)[O-])c3)CC2)cc1. The quantitative estimate of drug-likeness (QED) is 0.472. The maximum absolute atomic E-state index is 12.5. The normalized spacial score (nSPS) is 14.3. The minimum atomic E-state index is -3.87. The number of hydrogen-bond acceptors (Lipinski definition) is 7. The van der Waals surface area contributed by atoms with Gasteiger partial charge in [0.25, 0.3) is 5.69 Å². The van der Waals surface area contributed by atoms with Crippen LogP contribution in [0.5, 0.6) is 5.75 Å². The summed E-state index contributed by atoms with van der Waals surface area (Å²) in [7, 11) is -3.87. The van der Waals surface area contributed by atoms with Crippen LogP contribution in [0, 0.1) is 10.1 Å². The van der Waals surface area contributed by atoms with Crippen LogP contribution in [0.3, 0.4) is 0 Å². The molecule has 172 valence electrons. The van der Waals surface area contributed by atoms with Gasteiger partial charge < -0.3 is 14.5 Å². The van der Waals surface area contributed by atoms with Gasteiger partial charge in [0, 0.05) is 49.7 Å². The van der Waals surface area contributed by atoms with E-state index >= 15 is 0 Å². The van der Waals surface area contributed by atoms with E-state index in [0.717, 1.165) is 0 Å². The summed E-state index contributed by atoms with van der Waals surface area (Å²) in [5.41, 5.74) is 1.05. The fourth-order valence-electron chi connectivity index (χ4n) is 3.36. The Bertz CT molecular complexity index is 1060. The Labute approximate surface area is 187 Å². The molecule has 1 heterocycles. The highest BCUT2D eigenvalue weighted by Gasteiger charge is 2.26. The van der Waals surface area contributed by atoms with E-state index in [9.17, 15) is 23.3 Å². The van der Waals surface area contributed by atoms with Crippen molar-refractivity contribution in [1.29, 1.82) is 0 Å². The first kappa shape index (κ1) is 23.3. The Hall–Kier alpha value is -3.34. The van der Waals surface area contributed by atoms with Gasteiger partial charge >= 0.3 is 0 Å². The van der Waals surface area contributed by atoms with Crippen molar-refractivity contribution in [1.82, 2.24) is 4.90 Å². The summed E-state index contributed by atoms with van der Waals surface area (Å²) in [4.78, 5) is 26.5. The molecule has 1 saturated heterocycles. The standard InChI is InChI=1S/C21H26N4O6S/c1-16(2)31-20-8-6-17(7-9-20)22-32(29,30)15-21(26)24-12-10-23(11-13-24)18-4-3-5-19(14-18)25(27)28/h3-9,14,16,22H,10-13,15H2,1-2H3. The highest BCUT2D eigenvalue weighted by Crippen LogP contribution is 2.22. The highest BCUT2D eigenvalue weighted by molar-refractivity contribution is 7.93. The third-order valence-corrected chi connectivity index (χ3v) is 6.02. The molecule has 0 bridgehead atoms. The number of nitrogens with zero attached hydrogens (tertiary/aromatic N) is 3. The lowest BCUT2D eigenvalue weighted by atomic mass is 10.2. The Morgan fingerprint density at radius 3 is 2.38 bits per heavy atom. The molecule has 0 unspecified atom stereocenters. The summed E-state index contributed by atoms with van der Waals surface area (Å²) in [5.74, 6) is -0.523. The molecule has 1 fully saturated rings. The molecule has 0 aliphatic carbocycles. The topological polar surface area (TPSA) is 122 Å². The first-order valence-electron chi connectivity index (χ1n) is 10.2. The van der Waals surface area contributed by atoms with E-state index in [1.807, 2.05) is 18.7 Å². The van der Waals surface area contributed by atoms with E-state index in [1.165, 1.54) is 17.0 Å². The zero-order valence-electron chi connectivity index (χ0n) is 17.9. The van der Waals surface area contributed by atoms with E-state index in [-0.39, 0.29) is 11.8 Å². The van der Waals surface area contributed by atoms with Gasteiger partial charge in [-0.2, -0.15) is 0 Å². The second-order valence-corrected chi connectivity index (χ2v) is 9.42. The van der Waals surface area contributed by atoms with Crippen molar-refractivity contribution in [2.24, 2.45) is 0 Å². The number of rotatable bonds is 8. The Morgan fingerprint density at radius 2 is 1.78 bits per heavy atom. The summed E-state index contributed by atoms with van der Waals surface area (Å²) in [6.45, 7) is 5.36. The Morgan fingerprint density at radius 1 is 1.12 bits per heavy atom. The van der Waals surface area contributed by atoms with Gasteiger partial charge in [-0.3, -0.25) is 19.6 Å². The zero-order chi connectivity index (χ0) is 23.3.